The maximum atomic E-state index is 11.1. The molecule has 2 N–H and O–H groups in total. The molecule has 0 heterocycles. The Morgan fingerprint density at radius 3 is 2.73 bits per heavy atom. The zero-order valence-corrected chi connectivity index (χ0v) is 9.67. The molecule has 0 fully saturated rings. The molecule has 0 aromatic carbocycles. The normalized spacial score (nSPS) is 10.3. The molecule has 5 heteroatoms. The molecule has 0 bridgehead atoms. The predicted molar refractivity (Wildman–Crippen MR) is 58.9 cm³/mol. The maximum Gasteiger partial charge on any atom is 0.245 e. The summed E-state index contributed by atoms with van der Waals surface area (Å²) in [4.78, 5) is 11.1. The summed E-state index contributed by atoms with van der Waals surface area (Å²) in [6, 6.07) is 0. The molecule has 0 aliphatic carbocycles. The van der Waals surface area contributed by atoms with Gasteiger partial charge >= 0.3 is 0 Å². The van der Waals surface area contributed by atoms with Crippen molar-refractivity contribution in [1.82, 2.24) is 10.6 Å². The number of carbonyl (C=O) groups is 1. The summed E-state index contributed by atoms with van der Waals surface area (Å²) in [5.74, 6) is -0.0670. The fourth-order valence-corrected chi connectivity index (χ4v) is 0.981. The smallest absolute Gasteiger partial charge is 0.245 e. The number of likely N-dealkylation sites (N-methyl/N-ethyl adjacent to an activating group) is 1. The summed E-state index contributed by atoms with van der Waals surface area (Å²) in [5, 5.41) is 5.85. The molecule has 0 rings (SSSR count). The maximum absolute atomic E-state index is 11.1. The molecule has 1 amide bonds. The van der Waals surface area contributed by atoms with Crippen molar-refractivity contribution >= 4 is 5.91 Å². The van der Waals surface area contributed by atoms with Gasteiger partial charge in [0.05, 0.1) is 6.61 Å². The van der Waals surface area contributed by atoms with E-state index in [9.17, 15) is 4.79 Å². The van der Waals surface area contributed by atoms with Crippen molar-refractivity contribution in [3.63, 3.8) is 0 Å². The molecule has 0 radical (unpaired) electrons. The average molecular weight is 218 g/mol. The molecule has 0 saturated heterocycles. The number of hydrogen-bond donors (Lipinski definition) is 2. The van der Waals surface area contributed by atoms with E-state index < -0.39 is 0 Å². The topological polar surface area (TPSA) is 59.6 Å². The van der Waals surface area contributed by atoms with E-state index in [0.717, 1.165) is 19.5 Å². The lowest BCUT2D eigenvalue weighted by Crippen LogP contribution is -2.30. The molecule has 0 aliphatic rings. The second-order valence-electron chi connectivity index (χ2n) is 3.10. The second-order valence-corrected chi connectivity index (χ2v) is 3.10. The number of hydrogen-bond acceptors (Lipinski definition) is 4. The van der Waals surface area contributed by atoms with Crippen molar-refractivity contribution < 1.29 is 14.3 Å². The number of rotatable bonds is 10. The van der Waals surface area contributed by atoms with E-state index in [-0.39, 0.29) is 12.5 Å². The molecule has 15 heavy (non-hydrogen) atoms. The summed E-state index contributed by atoms with van der Waals surface area (Å²) in [5.41, 5.74) is 0. The Morgan fingerprint density at radius 1 is 1.27 bits per heavy atom. The zero-order chi connectivity index (χ0) is 11.4. The van der Waals surface area contributed by atoms with Gasteiger partial charge in [-0.15, -0.1) is 0 Å². The van der Waals surface area contributed by atoms with Crippen molar-refractivity contribution in [1.29, 1.82) is 0 Å². The number of carbonyl (C=O) groups excluding carboxylic acids is 1. The highest BCUT2D eigenvalue weighted by Crippen LogP contribution is 1.79. The van der Waals surface area contributed by atoms with Gasteiger partial charge in [-0.1, -0.05) is 6.92 Å². The Bertz CT molecular complexity index is 154. The van der Waals surface area contributed by atoms with Crippen LogP contribution in [0.15, 0.2) is 0 Å². The van der Waals surface area contributed by atoms with Crippen LogP contribution in [0.25, 0.3) is 0 Å². The third-order valence-corrected chi connectivity index (χ3v) is 1.75. The van der Waals surface area contributed by atoms with E-state index in [2.05, 4.69) is 10.6 Å². The summed E-state index contributed by atoms with van der Waals surface area (Å²) in [6.45, 7) is 5.76. The minimum absolute atomic E-state index is 0.0670. The summed E-state index contributed by atoms with van der Waals surface area (Å²) in [7, 11) is 1.64. The Hall–Kier alpha value is -0.650. The van der Waals surface area contributed by atoms with Gasteiger partial charge in [-0.25, -0.2) is 0 Å². The van der Waals surface area contributed by atoms with Gasteiger partial charge in [-0.2, -0.15) is 0 Å². The van der Waals surface area contributed by atoms with Gasteiger partial charge < -0.3 is 20.1 Å². The van der Waals surface area contributed by atoms with Crippen LogP contribution in [-0.4, -0.2) is 52.5 Å². The van der Waals surface area contributed by atoms with E-state index in [1.54, 1.807) is 7.11 Å². The van der Waals surface area contributed by atoms with Crippen molar-refractivity contribution in [2.45, 2.75) is 13.3 Å². The SMILES string of the molecule is CCNCCOCC(=O)NCCCOC. The standard InChI is InChI=1S/C10H22N2O3/c1-3-11-6-8-15-9-10(13)12-5-4-7-14-2/h11H,3-9H2,1-2H3,(H,12,13). The first kappa shape index (κ1) is 14.3. The van der Waals surface area contributed by atoms with E-state index in [1.807, 2.05) is 6.92 Å². The molecule has 0 unspecified atom stereocenters. The fraction of sp³-hybridized carbons (Fsp3) is 0.900. The van der Waals surface area contributed by atoms with E-state index in [0.29, 0.717) is 19.8 Å². The Morgan fingerprint density at radius 2 is 2.07 bits per heavy atom. The van der Waals surface area contributed by atoms with Gasteiger partial charge in [-0.05, 0) is 13.0 Å². The summed E-state index contributed by atoms with van der Waals surface area (Å²) in [6.07, 6.45) is 0.833. The van der Waals surface area contributed by atoms with Gasteiger partial charge in [0.15, 0.2) is 0 Å². The van der Waals surface area contributed by atoms with Crippen LogP contribution in [0.5, 0.6) is 0 Å². The Labute approximate surface area is 91.5 Å². The number of amides is 1. The van der Waals surface area contributed by atoms with Gasteiger partial charge in [0.25, 0.3) is 0 Å². The molecule has 0 aromatic heterocycles. The van der Waals surface area contributed by atoms with Gasteiger partial charge in [-0.3, -0.25) is 4.79 Å². The first-order chi connectivity index (χ1) is 7.31. The van der Waals surface area contributed by atoms with Crippen molar-refractivity contribution in [2.24, 2.45) is 0 Å². The van der Waals surface area contributed by atoms with Crippen LogP contribution in [0, 0.1) is 0 Å². The summed E-state index contributed by atoms with van der Waals surface area (Å²) >= 11 is 0. The second kappa shape index (κ2) is 11.4. The van der Waals surface area contributed by atoms with E-state index in [4.69, 9.17) is 9.47 Å². The molecule has 5 nitrogen and oxygen atoms in total. The lowest BCUT2D eigenvalue weighted by molar-refractivity contribution is -0.125. The molecule has 0 saturated carbocycles. The van der Waals surface area contributed by atoms with Crippen LogP contribution in [0.2, 0.25) is 0 Å². The first-order valence-electron chi connectivity index (χ1n) is 5.35. The van der Waals surface area contributed by atoms with Crippen LogP contribution in [0.4, 0.5) is 0 Å². The van der Waals surface area contributed by atoms with Crippen LogP contribution < -0.4 is 10.6 Å². The molecule has 0 spiro atoms. The van der Waals surface area contributed by atoms with Gasteiger partial charge in [0, 0.05) is 26.8 Å². The van der Waals surface area contributed by atoms with E-state index in [1.165, 1.54) is 0 Å². The predicted octanol–water partition coefficient (Wildman–Crippen LogP) is -0.235. The Kier molecular flexibility index (Phi) is 10.9. The van der Waals surface area contributed by atoms with Crippen LogP contribution in [0.3, 0.4) is 0 Å². The zero-order valence-electron chi connectivity index (χ0n) is 9.67. The van der Waals surface area contributed by atoms with Crippen molar-refractivity contribution in [2.75, 3.05) is 46.6 Å². The highest BCUT2D eigenvalue weighted by molar-refractivity contribution is 5.77. The fourth-order valence-electron chi connectivity index (χ4n) is 0.981. The van der Waals surface area contributed by atoms with E-state index >= 15 is 0 Å². The third-order valence-electron chi connectivity index (χ3n) is 1.75. The molecule has 0 atom stereocenters. The largest absolute Gasteiger partial charge is 0.385 e. The number of ether oxygens (including phenoxy) is 2. The minimum Gasteiger partial charge on any atom is -0.385 e. The minimum atomic E-state index is -0.0670. The van der Waals surface area contributed by atoms with Crippen LogP contribution in [0.1, 0.15) is 13.3 Å². The molecule has 0 aliphatic heterocycles. The molecular formula is C10H22N2O3. The van der Waals surface area contributed by atoms with Gasteiger partial charge in [0.1, 0.15) is 6.61 Å². The monoisotopic (exact) mass is 218 g/mol. The first-order valence-corrected chi connectivity index (χ1v) is 5.35. The average Bonchev–Trinajstić information content (AvgIpc) is 2.24. The highest BCUT2D eigenvalue weighted by Gasteiger charge is 1.99. The van der Waals surface area contributed by atoms with Gasteiger partial charge in [0.2, 0.25) is 5.91 Å². The quantitative estimate of drug-likeness (QED) is 0.497. The Balaban J connectivity index is 3.11. The molecule has 0 aromatic rings. The lowest BCUT2D eigenvalue weighted by Gasteiger charge is -2.06. The van der Waals surface area contributed by atoms with Crippen molar-refractivity contribution in [3.8, 4) is 0 Å². The van der Waals surface area contributed by atoms with Crippen LogP contribution in [-0.2, 0) is 14.3 Å². The van der Waals surface area contributed by atoms with Crippen LogP contribution >= 0.6 is 0 Å². The highest BCUT2D eigenvalue weighted by atomic mass is 16.5. The number of nitrogens with one attached hydrogen (secondary N) is 2. The molecular weight excluding hydrogens is 196 g/mol. The molecule has 90 valence electrons. The lowest BCUT2D eigenvalue weighted by atomic mass is 10.4. The van der Waals surface area contributed by atoms with Crippen molar-refractivity contribution in [3.05, 3.63) is 0 Å². The number of methoxy groups -OCH3 is 1. The third kappa shape index (κ3) is 11.3. The summed E-state index contributed by atoms with van der Waals surface area (Å²) < 4.78 is 10.0.